The monoisotopic (exact) mass is 314 g/mol. The minimum atomic E-state index is -3.68. The van der Waals surface area contributed by atoms with Crippen LogP contribution in [0.3, 0.4) is 0 Å². The van der Waals surface area contributed by atoms with E-state index < -0.39 is 10.1 Å². The van der Waals surface area contributed by atoms with Crippen LogP contribution >= 0.6 is 0 Å². The minimum Gasteiger partial charge on any atom is -0.466 e. The number of carbonyl (C=O) groups excluding carboxylic acids is 1. The van der Waals surface area contributed by atoms with Crippen molar-refractivity contribution < 1.29 is 22.1 Å². The van der Waals surface area contributed by atoms with Gasteiger partial charge in [0.15, 0.2) is 0 Å². The van der Waals surface area contributed by atoms with Crippen molar-refractivity contribution in [3.63, 3.8) is 0 Å². The van der Waals surface area contributed by atoms with E-state index >= 15 is 0 Å². The Morgan fingerprint density at radius 2 is 1.76 bits per heavy atom. The lowest BCUT2D eigenvalue weighted by Crippen LogP contribution is -2.08. The number of carbonyl (C=O) groups is 1. The van der Waals surface area contributed by atoms with Gasteiger partial charge in [-0.05, 0) is 38.8 Å². The fraction of sp³-hybridized carbons (Fsp3) is 0.533. The average molecular weight is 314 g/mol. The first-order valence-corrected chi connectivity index (χ1v) is 8.48. The van der Waals surface area contributed by atoms with Crippen LogP contribution in [0.5, 0.6) is 0 Å². The lowest BCUT2D eigenvalue weighted by Gasteiger charge is -2.06. The van der Waals surface area contributed by atoms with Gasteiger partial charge in [-0.25, -0.2) is 0 Å². The van der Waals surface area contributed by atoms with Crippen molar-refractivity contribution >= 4 is 16.1 Å². The molecule has 1 aromatic carbocycles. The van der Waals surface area contributed by atoms with Crippen molar-refractivity contribution in [1.29, 1.82) is 0 Å². The maximum Gasteiger partial charge on any atom is 0.305 e. The zero-order valence-corrected chi connectivity index (χ0v) is 13.3. The zero-order chi connectivity index (χ0) is 15.7. The molecule has 1 rings (SSSR count). The van der Waals surface area contributed by atoms with Crippen LogP contribution in [0.4, 0.5) is 0 Å². The number of rotatable bonds is 9. The smallest absolute Gasteiger partial charge is 0.305 e. The highest BCUT2D eigenvalue weighted by Crippen LogP contribution is 2.14. The average Bonchev–Trinajstić information content (AvgIpc) is 2.43. The fourth-order valence-corrected chi connectivity index (χ4v) is 2.67. The molecular formula is C15H22O5S. The summed E-state index contributed by atoms with van der Waals surface area (Å²) in [5.74, 6) is -0.217. The Balaban J connectivity index is 2.25. The minimum absolute atomic E-state index is 0.124. The van der Waals surface area contributed by atoms with Crippen molar-refractivity contribution in [2.45, 2.75) is 44.4 Å². The molecule has 0 N–H and O–H groups in total. The molecule has 0 saturated carbocycles. The molecule has 0 aromatic heterocycles. The summed E-state index contributed by atoms with van der Waals surface area (Å²) in [6, 6.07) is 6.53. The first-order chi connectivity index (χ1) is 9.95. The third-order valence-electron chi connectivity index (χ3n) is 2.88. The SMILES string of the molecule is CCOC(=O)CCCCCOS(=O)(=O)c1ccc(C)cc1. The second-order valence-electron chi connectivity index (χ2n) is 4.70. The number of hydrogen-bond donors (Lipinski definition) is 0. The van der Waals surface area contributed by atoms with E-state index in [-0.39, 0.29) is 17.5 Å². The number of ether oxygens (including phenoxy) is 1. The maximum atomic E-state index is 11.9. The van der Waals surface area contributed by atoms with Crippen LogP contribution < -0.4 is 0 Å². The molecule has 0 fully saturated rings. The zero-order valence-electron chi connectivity index (χ0n) is 12.5. The number of esters is 1. The second kappa shape index (κ2) is 8.79. The Morgan fingerprint density at radius 3 is 2.38 bits per heavy atom. The van der Waals surface area contributed by atoms with Gasteiger partial charge in [-0.3, -0.25) is 8.98 Å². The normalized spacial score (nSPS) is 11.3. The van der Waals surface area contributed by atoms with Gasteiger partial charge in [-0.2, -0.15) is 8.42 Å². The Morgan fingerprint density at radius 1 is 1.10 bits per heavy atom. The second-order valence-corrected chi connectivity index (χ2v) is 6.32. The van der Waals surface area contributed by atoms with Gasteiger partial charge >= 0.3 is 5.97 Å². The predicted octanol–water partition coefficient (Wildman–Crippen LogP) is 2.82. The lowest BCUT2D eigenvalue weighted by molar-refractivity contribution is -0.143. The van der Waals surface area contributed by atoms with Gasteiger partial charge < -0.3 is 4.74 Å². The van der Waals surface area contributed by atoms with Crippen molar-refractivity contribution in [2.24, 2.45) is 0 Å². The van der Waals surface area contributed by atoms with E-state index in [2.05, 4.69) is 0 Å². The van der Waals surface area contributed by atoms with Gasteiger partial charge in [0.05, 0.1) is 18.1 Å². The van der Waals surface area contributed by atoms with Gasteiger partial charge in [0.1, 0.15) is 0 Å². The molecule has 1 aromatic rings. The first kappa shape index (κ1) is 17.7. The predicted molar refractivity (Wildman–Crippen MR) is 79.4 cm³/mol. The molecule has 5 nitrogen and oxygen atoms in total. The van der Waals surface area contributed by atoms with Crippen LogP contribution in [0.25, 0.3) is 0 Å². The molecular weight excluding hydrogens is 292 g/mol. The third-order valence-corrected chi connectivity index (χ3v) is 4.21. The summed E-state index contributed by atoms with van der Waals surface area (Å²) in [7, 11) is -3.68. The summed E-state index contributed by atoms with van der Waals surface area (Å²) < 4.78 is 33.5. The summed E-state index contributed by atoms with van der Waals surface area (Å²) in [6.45, 7) is 4.16. The largest absolute Gasteiger partial charge is 0.466 e. The van der Waals surface area contributed by atoms with Gasteiger partial charge in [0.2, 0.25) is 0 Å². The summed E-state index contributed by atoms with van der Waals surface area (Å²) in [5.41, 5.74) is 0.993. The van der Waals surface area contributed by atoms with E-state index in [1.54, 1.807) is 19.1 Å². The summed E-state index contributed by atoms with van der Waals surface area (Å²) in [5, 5.41) is 0. The highest BCUT2D eigenvalue weighted by Gasteiger charge is 2.14. The highest BCUT2D eigenvalue weighted by molar-refractivity contribution is 7.86. The summed E-state index contributed by atoms with van der Waals surface area (Å²) in [4.78, 5) is 11.3. The molecule has 0 bridgehead atoms. The van der Waals surface area contributed by atoms with E-state index in [1.165, 1.54) is 12.1 Å². The Bertz CT molecular complexity index is 534. The van der Waals surface area contributed by atoms with Gasteiger partial charge in [-0.1, -0.05) is 24.1 Å². The van der Waals surface area contributed by atoms with Crippen molar-refractivity contribution in [3.8, 4) is 0 Å². The lowest BCUT2D eigenvalue weighted by atomic mass is 10.2. The number of aryl methyl sites for hydroxylation is 1. The molecule has 118 valence electrons. The van der Waals surface area contributed by atoms with Crippen molar-refractivity contribution in [3.05, 3.63) is 29.8 Å². The summed E-state index contributed by atoms with van der Waals surface area (Å²) in [6.07, 6.45) is 2.35. The molecule has 0 aliphatic heterocycles. The van der Waals surface area contributed by atoms with E-state index in [4.69, 9.17) is 8.92 Å². The van der Waals surface area contributed by atoms with Crippen LogP contribution in [-0.4, -0.2) is 27.6 Å². The number of hydrogen-bond acceptors (Lipinski definition) is 5. The van der Waals surface area contributed by atoms with E-state index in [0.29, 0.717) is 25.9 Å². The van der Waals surface area contributed by atoms with E-state index in [9.17, 15) is 13.2 Å². The number of unbranched alkanes of at least 4 members (excludes halogenated alkanes) is 2. The van der Waals surface area contributed by atoms with Crippen LogP contribution in [0.15, 0.2) is 29.2 Å². The molecule has 0 atom stereocenters. The van der Waals surface area contributed by atoms with E-state index in [0.717, 1.165) is 12.0 Å². The van der Waals surface area contributed by atoms with Crippen molar-refractivity contribution in [1.82, 2.24) is 0 Å². The topological polar surface area (TPSA) is 69.7 Å². The molecule has 6 heteroatoms. The molecule has 0 aliphatic carbocycles. The van der Waals surface area contributed by atoms with Gasteiger partial charge in [-0.15, -0.1) is 0 Å². The molecule has 0 saturated heterocycles. The van der Waals surface area contributed by atoms with Gasteiger partial charge in [0, 0.05) is 6.42 Å². The fourth-order valence-electron chi connectivity index (χ4n) is 1.72. The highest BCUT2D eigenvalue weighted by atomic mass is 32.2. The molecule has 0 unspecified atom stereocenters. The van der Waals surface area contributed by atoms with E-state index in [1.807, 2.05) is 6.92 Å². The van der Waals surface area contributed by atoms with Crippen LogP contribution in [0.2, 0.25) is 0 Å². The number of benzene rings is 1. The molecule has 0 radical (unpaired) electrons. The van der Waals surface area contributed by atoms with Crippen LogP contribution in [-0.2, 0) is 23.8 Å². The third kappa shape index (κ3) is 6.73. The Hall–Kier alpha value is -1.40. The molecule has 0 amide bonds. The standard InChI is InChI=1S/C15H22O5S/c1-3-19-15(16)7-5-4-6-12-20-21(17,18)14-10-8-13(2)9-11-14/h8-11H,3-7,12H2,1-2H3. The van der Waals surface area contributed by atoms with Crippen molar-refractivity contribution in [2.75, 3.05) is 13.2 Å². The summed E-state index contributed by atoms with van der Waals surface area (Å²) >= 11 is 0. The molecule has 0 spiro atoms. The van der Waals surface area contributed by atoms with Crippen LogP contribution in [0, 0.1) is 6.92 Å². The molecule has 21 heavy (non-hydrogen) atoms. The Labute approximate surface area is 126 Å². The Kier molecular flexibility index (Phi) is 7.39. The maximum absolute atomic E-state index is 11.9. The van der Waals surface area contributed by atoms with Gasteiger partial charge in [0.25, 0.3) is 10.1 Å². The molecule has 0 aliphatic rings. The molecule has 0 heterocycles. The quantitative estimate of drug-likeness (QED) is 0.398. The first-order valence-electron chi connectivity index (χ1n) is 7.07. The van der Waals surface area contributed by atoms with Crippen LogP contribution in [0.1, 0.15) is 38.2 Å².